The van der Waals surface area contributed by atoms with Crippen LogP contribution >= 0.6 is 39.1 Å². The summed E-state index contributed by atoms with van der Waals surface area (Å²) in [6.45, 7) is 2.96. The maximum absolute atomic E-state index is 13.2. The zero-order valence-electron chi connectivity index (χ0n) is 15.7. The van der Waals surface area contributed by atoms with E-state index in [0.717, 1.165) is 21.3 Å². The molecule has 3 rings (SSSR count). The van der Waals surface area contributed by atoms with Crippen molar-refractivity contribution in [1.82, 2.24) is 4.90 Å². The third-order valence-corrected chi connectivity index (χ3v) is 5.50. The summed E-state index contributed by atoms with van der Waals surface area (Å²) >= 11 is 15.7. The van der Waals surface area contributed by atoms with E-state index in [1.165, 1.54) is 6.08 Å². The summed E-state index contributed by atoms with van der Waals surface area (Å²) in [5.74, 6) is -0.419. The van der Waals surface area contributed by atoms with E-state index in [1.807, 2.05) is 24.3 Å². The van der Waals surface area contributed by atoms with Crippen molar-refractivity contribution >= 4 is 56.8 Å². The average Bonchev–Trinajstić information content (AvgIpc) is 2.67. The lowest BCUT2D eigenvalue weighted by atomic mass is 10.1. The average molecular weight is 498 g/mol. The van der Waals surface area contributed by atoms with Gasteiger partial charge in [-0.25, -0.2) is 9.59 Å². The zero-order valence-corrected chi connectivity index (χ0v) is 18.8. The van der Waals surface area contributed by atoms with Crippen molar-refractivity contribution in [3.63, 3.8) is 0 Å². The van der Waals surface area contributed by atoms with Crippen LogP contribution in [0.25, 0.3) is 0 Å². The smallest absolute Gasteiger partial charge is 0.330 e. The number of urea groups is 1. The summed E-state index contributed by atoms with van der Waals surface area (Å²) in [6, 6.07) is 12.4. The van der Waals surface area contributed by atoms with Crippen molar-refractivity contribution in [2.24, 2.45) is 0 Å². The molecule has 0 saturated carbocycles. The summed E-state index contributed by atoms with van der Waals surface area (Å²) < 4.78 is 5.95. The van der Waals surface area contributed by atoms with Gasteiger partial charge in [0.25, 0.3) is 0 Å². The normalized spacial score (nSPS) is 15.7. The number of nitrogens with zero attached hydrogens (tertiary/aromatic N) is 2. The Balaban J connectivity index is 1.91. The second-order valence-corrected chi connectivity index (χ2v) is 8.25. The van der Waals surface area contributed by atoms with Gasteiger partial charge in [0.15, 0.2) is 0 Å². The number of rotatable bonds is 5. The lowest BCUT2D eigenvalue weighted by Crippen LogP contribution is -2.50. The number of esters is 1. The molecule has 0 spiro atoms. The Hall–Kier alpha value is -2.02. The fourth-order valence-electron chi connectivity index (χ4n) is 3.05. The van der Waals surface area contributed by atoms with E-state index in [4.69, 9.17) is 27.9 Å². The first-order chi connectivity index (χ1) is 13.9. The topological polar surface area (TPSA) is 49.9 Å². The highest BCUT2D eigenvalue weighted by atomic mass is 79.9. The summed E-state index contributed by atoms with van der Waals surface area (Å²) in [5.41, 5.74) is 2.29. The Kier molecular flexibility index (Phi) is 7.22. The second-order valence-electron chi connectivity index (χ2n) is 6.49. The summed E-state index contributed by atoms with van der Waals surface area (Å²) in [5, 5.41) is 1.02. The number of carbonyl (C=O) groups excluding carboxylic acids is 2. The van der Waals surface area contributed by atoms with Gasteiger partial charge in [-0.2, -0.15) is 0 Å². The van der Waals surface area contributed by atoms with Gasteiger partial charge in [-0.05, 0) is 54.5 Å². The highest BCUT2D eigenvalue weighted by Crippen LogP contribution is 2.28. The Morgan fingerprint density at radius 3 is 2.55 bits per heavy atom. The zero-order chi connectivity index (χ0) is 21.0. The van der Waals surface area contributed by atoms with Crippen LogP contribution < -0.4 is 4.90 Å². The number of benzene rings is 2. The van der Waals surface area contributed by atoms with Gasteiger partial charge in [0.05, 0.1) is 13.2 Å². The van der Waals surface area contributed by atoms with Crippen molar-refractivity contribution in [2.45, 2.75) is 13.5 Å². The van der Waals surface area contributed by atoms with Gasteiger partial charge in [-0.15, -0.1) is 0 Å². The molecule has 0 radical (unpaired) electrons. The fraction of sp³-hybridized carbons (Fsp3) is 0.238. The molecule has 0 atom stereocenters. The van der Waals surface area contributed by atoms with E-state index in [0.29, 0.717) is 36.3 Å². The Morgan fingerprint density at radius 2 is 1.90 bits per heavy atom. The molecule has 2 aromatic carbocycles. The van der Waals surface area contributed by atoms with Gasteiger partial charge in [0.2, 0.25) is 0 Å². The summed E-state index contributed by atoms with van der Waals surface area (Å²) in [7, 11) is 0. The van der Waals surface area contributed by atoms with Gasteiger partial charge in [-0.1, -0.05) is 45.2 Å². The predicted molar refractivity (Wildman–Crippen MR) is 118 cm³/mol. The lowest BCUT2D eigenvalue weighted by molar-refractivity contribution is -0.137. The Bertz CT molecular complexity index is 947. The van der Waals surface area contributed by atoms with Crippen LogP contribution in [0.2, 0.25) is 10.0 Å². The molecule has 2 aromatic rings. The van der Waals surface area contributed by atoms with E-state index in [9.17, 15) is 9.59 Å². The highest BCUT2D eigenvalue weighted by molar-refractivity contribution is 9.10. The SMILES string of the molecule is CCOC(=O)/C=C1\CN(Cc2ccc(Cl)cc2Cl)C(=O)N(c2ccc(Br)cc2)C1. The number of amides is 2. The minimum absolute atomic E-state index is 0.167. The molecule has 1 heterocycles. The van der Waals surface area contributed by atoms with Crippen LogP contribution in [0.1, 0.15) is 12.5 Å². The first-order valence-corrected chi connectivity index (χ1v) is 10.5. The third-order valence-electron chi connectivity index (χ3n) is 4.38. The van der Waals surface area contributed by atoms with E-state index in [-0.39, 0.29) is 6.03 Å². The van der Waals surface area contributed by atoms with Crippen LogP contribution in [-0.4, -0.2) is 36.6 Å². The van der Waals surface area contributed by atoms with Crippen molar-refractivity contribution in [3.05, 3.63) is 74.2 Å². The van der Waals surface area contributed by atoms with Crippen LogP contribution in [0.3, 0.4) is 0 Å². The molecule has 0 aliphatic carbocycles. The van der Waals surface area contributed by atoms with Crippen LogP contribution in [0.5, 0.6) is 0 Å². The molecular weight excluding hydrogens is 479 g/mol. The Labute approximate surface area is 188 Å². The Morgan fingerprint density at radius 1 is 1.17 bits per heavy atom. The molecule has 5 nitrogen and oxygen atoms in total. The number of hydrogen-bond donors (Lipinski definition) is 0. The molecule has 0 aromatic heterocycles. The molecular formula is C21H19BrCl2N2O3. The lowest BCUT2D eigenvalue weighted by Gasteiger charge is -2.37. The summed E-state index contributed by atoms with van der Waals surface area (Å²) in [4.78, 5) is 28.4. The molecule has 1 aliphatic rings. The number of anilines is 1. The van der Waals surface area contributed by atoms with E-state index in [2.05, 4.69) is 15.9 Å². The molecule has 1 saturated heterocycles. The van der Waals surface area contributed by atoms with Crippen molar-refractivity contribution < 1.29 is 14.3 Å². The number of ether oxygens (including phenoxy) is 1. The van der Waals surface area contributed by atoms with Crippen molar-refractivity contribution in [2.75, 3.05) is 24.6 Å². The van der Waals surface area contributed by atoms with Crippen LogP contribution in [0.15, 0.2) is 58.6 Å². The standard InChI is InChI=1S/C21H19BrCl2N2O3/c1-2-29-20(27)9-14-11-25(13-15-3-6-17(23)10-19(15)24)21(28)26(12-14)18-7-4-16(22)5-8-18/h3-10H,2,11-13H2,1H3/b14-9+. The van der Waals surface area contributed by atoms with Crippen LogP contribution in [-0.2, 0) is 16.1 Å². The van der Waals surface area contributed by atoms with Crippen molar-refractivity contribution in [3.8, 4) is 0 Å². The molecule has 0 bridgehead atoms. The molecule has 8 heteroatoms. The summed E-state index contributed by atoms with van der Waals surface area (Å²) in [6.07, 6.45) is 1.46. The molecule has 2 amide bonds. The van der Waals surface area contributed by atoms with E-state index < -0.39 is 5.97 Å². The van der Waals surface area contributed by atoms with Crippen LogP contribution in [0, 0.1) is 0 Å². The first kappa shape index (κ1) is 21.7. The van der Waals surface area contributed by atoms with E-state index >= 15 is 0 Å². The maximum Gasteiger partial charge on any atom is 0.330 e. The molecule has 1 aliphatic heterocycles. The van der Waals surface area contributed by atoms with Crippen LogP contribution in [0.4, 0.5) is 10.5 Å². The second kappa shape index (κ2) is 9.65. The van der Waals surface area contributed by atoms with E-state index in [1.54, 1.807) is 34.9 Å². The van der Waals surface area contributed by atoms with Gasteiger partial charge >= 0.3 is 12.0 Å². The molecule has 0 unspecified atom stereocenters. The van der Waals surface area contributed by atoms with Gasteiger partial charge in [-0.3, -0.25) is 4.90 Å². The first-order valence-electron chi connectivity index (χ1n) is 8.99. The number of halogens is 3. The minimum Gasteiger partial charge on any atom is -0.463 e. The monoisotopic (exact) mass is 496 g/mol. The largest absolute Gasteiger partial charge is 0.463 e. The molecule has 0 N–H and O–H groups in total. The fourth-order valence-corrected chi connectivity index (χ4v) is 3.78. The third kappa shape index (κ3) is 5.53. The molecule has 152 valence electrons. The van der Waals surface area contributed by atoms with Gasteiger partial charge in [0, 0.05) is 39.4 Å². The molecule has 29 heavy (non-hydrogen) atoms. The highest BCUT2D eigenvalue weighted by Gasteiger charge is 2.30. The predicted octanol–water partition coefficient (Wildman–Crippen LogP) is 5.69. The minimum atomic E-state index is -0.419. The molecule has 1 fully saturated rings. The maximum atomic E-state index is 13.2. The quantitative estimate of drug-likeness (QED) is 0.394. The van der Waals surface area contributed by atoms with Crippen molar-refractivity contribution in [1.29, 1.82) is 0 Å². The number of hydrogen-bond acceptors (Lipinski definition) is 3. The van der Waals surface area contributed by atoms with Gasteiger partial charge in [0.1, 0.15) is 0 Å². The van der Waals surface area contributed by atoms with Gasteiger partial charge < -0.3 is 9.64 Å². The number of carbonyl (C=O) groups is 2.